The van der Waals surface area contributed by atoms with E-state index in [2.05, 4.69) is 9.79 Å². The van der Waals surface area contributed by atoms with Crippen molar-refractivity contribution in [3.05, 3.63) is 46.4 Å². The molecule has 1 aliphatic heterocycles. The molecule has 2 heterocycles. The van der Waals surface area contributed by atoms with Gasteiger partial charge in [0, 0.05) is 38.7 Å². The molecular formula is C16H18N4O5. The number of amides is 2. The lowest BCUT2D eigenvalue weighted by atomic mass is 10.1. The molecule has 3 rings (SSSR count). The highest BCUT2D eigenvalue weighted by molar-refractivity contribution is 5.95. The average Bonchev–Trinajstić information content (AvgIpc) is 2.99. The van der Waals surface area contributed by atoms with Crippen LogP contribution in [0.25, 0.3) is 0 Å². The van der Waals surface area contributed by atoms with Crippen LogP contribution in [0.1, 0.15) is 26.5 Å². The van der Waals surface area contributed by atoms with Crippen LogP contribution in [0.3, 0.4) is 0 Å². The Morgan fingerprint density at radius 3 is 2.40 bits per heavy atom. The zero-order valence-corrected chi connectivity index (χ0v) is 14.0. The van der Waals surface area contributed by atoms with Gasteiger partial charge in [0.15, 0.2) is 0 Å². The molecule has 0 saturated carbocycles. The van der Waals surface area contributed by atoms with Crippen LogP contribution in [0, 0.1) is 12.1 Å². The van der Waals surface area contributed by atoms with Gasteiger partial charge in [-0.1, -0.05) is 6.07 Å². The lowest BCUT2D eigenvalue weighted by Crippen LogP contribution is -2.50. The molecule has 9 nitrogen and oxygen atoms in total. The average molecular weight is 346 g/mol. The fraction of sp³-hybridized carbons (Fsp3) is 0.375. The van der Waals surface area contributed by atoms with Crippen LogP contribution >= 0.6 is 0 Å². The molecule has 1 aromatic carbocycles. The molecule has 0 N–H and O–H groups in total. The van der Waals surface area contributed by atoms with Gasteiger partial charge in [0.2, 0.25) is 5.69 Å². The Bertz CT molecular complexity index is 796. The van der Waals surface area contributed by atoms with Crippen LogP contribution < -0.4 is 9.64 Å². The van der Waals surface area contributed by atoms with Crippen molar-refractivity contribution in [2.24, 2.45) is 0 Å². The summed E-state index contributed by atoms with van der Waals surface area (Å²) in [7, 11) is 1.55. The number of benzene rings is 1. The fourth-order valence-corrected chi connectivity index (χ4v) is 2.69. The number of ether oxygens (including phenoxy) is 1. The van der Waals surface area contributed by atoms with E-state index in [0.717, 1.165) is 0 Å². The first kappa shape index (κ1) is 16.7. The molecular weight excluding hydrogens is 328 g/mol. The maximum atomic E-state index is 12.6. The minimum Gasteiger partial charge on any atom is -0.497 e. The molecule has 0 atom stereocenters. The second-order valence-electron chi connectivity index (χ2n) is 5.68. The quantitative estimate of drug-likeness (QED) is 0.737. The lowest BCUT2D eigenvalue weighted by Gasteiger charge is -2.34. The van der Waals surface area contributed by atoms with Gasteiger partial charge < -0.3 is 19.7 Å². The number of aromatic nitrogens is 2. The van der Waals surface area contributed by atoms with Gasteiger partial charge in [0.25, 0.3) is 5.91 Å². The predicted molar refractivity (Wildman–Crippen MR) is 85.0 cm³/mol. The summed E-state index contributed by atoms with van der Waals surface area (Å²) >= 11 is 0. The monoisotopic (exact) mass is 346 g/mol. The van der Waals surface area contributed by atoms with Crippen molar-refractivity contribution in [1.29, 1.82) is 0 Å². The first-order valence-corrected chi connectivity index (χ1v) is 7.80. The van der Waals surface area contributed by atoms with Crippen molar-refractivity contribution in [3.63, 3.8) is 0 Å². The third-order valence-corrected chi connectivity index (χ3v) is 4.20. The Balaban J connectivity index is 1.64. The number of piperazine rings is 1. The molecule has 9 heteroatoms. The SMILES string of the molecule is COc1cccc(C(=O)N2CCN(C(=O)c3no[n+]([O-])c3C)CC2)c1. The molecule has 132 valence electrons. The van der Waals surface area contributed by atoms with E-state index < -0.39 is 0 Å². The van der Waals surface area contributed by atoms with E-state index in [1.165, 1.54) is 6.92 Å². The Morgan fingerprint density at radius 1 is 1.20 bits per heavy atom. The number of methoxy groups -OCH3 is 1. The molecule has 0 radical (unpaired) electrons. The van der Waals surface area contributed by atoms with E-state index >= 15 is 0 Å². The molecule has 2 aromatic rings. The van der Waals surface area contributed by atoms with Crippen LogP contribution in [0.15, 0.2) is 28.9 Å². The van der Waals surface area contributed by atoms with Gasteiger partial charge in [-0.15, -0.1) is 0 Å². The van der Waals surface area contributed by atoms with Crippen LogP contribution in [0.4, 0.5) is 0 Å². The predicted octanol–water partition coefficient (Wildman–Crippen LogP) is 0.223. The fourth-order valence-electron chi connectivity index (χ4n) is 2.69. The highest BCUT2D eigenvalue weighted by Gasteiger charge is 2.31. The molecule has 1 fully saturated rings. The summed E-state index contributed by atoms with van der Waals surface area (Å²) in [6.45, 7) is 2.99. The van der Waals surface area contributed by atoms with E-state index in [4.69, 9.17) is 4.74 Å². The summed E-state index contributed by atoms with van der Waals surface area (Å²) in [4.78, 5) is 28.4. The van der Waals surface area contributed by atoms with Crippen molar-refractivity contribution in [3.8, 4) is 5.75 Å². The van der Waals surface area contributed by atoms with Crippen molar-refractivity contribution < 1.29 is 23.9 Å². The van der Waals surface area contributed by atoms with Crippen LogP contribution in [-0.4, -0.2) is 60.1 Å². The Morgan fingerprint density at radius 2 is 1.84 bits per heavy atom. The molecule has 1 aliphatic rings. The Hall–Kier alpha value is -3.10. The normalized spacial score (nSPS) is 14.5. The summed E-state index contributed by atoms with van der Waals surface area (Å²) in [5, 5.41) is 14.7. The number of nitrogens with zero attached hydrogens (tertiary/aromatic N) is 4. The summed E-state index contributed by atoms with van der Waals surface area (Å²) in [5.41, 5.74) is 0.668. The first-order valence-electron chi connectivity index (χ1n) is 7.80. The van der Waals surface area contributed by atoms with Gasteiger partial charge in [-0.05, 0) is 23.1 Å². The third kappa shape index (κ3) is 3.25. The first-order chi connectivity index (χ1) is 12.0. The number of hydrogen-bond donors (Lipinski definition) is 0. The van der Waals surface area contributed by atoms with Gasteiger partial charge >= 0.3 is 11.6 Å². The maximum Gasteiger partial charge on any atom is 0.308 e. The van der Waals surface area contributed by atoms with E-state index in [9.17, 15) is 14.8 Å². The summed E-state index contributed by atoms with van der Waals surface area (Å²) in [6, 6.07) is 6.95. The minimum atomic E-state index is -0.371. The molecule has 2 amide bonds. The van der Waals surface area contributed by atoms with Crippen LogP contribution in [0.2, 0.25) is 0 Å². The lowest BCUT2D eigenvalue weighted by molar-refractivity contribution is -0.806. The van der Waals surface area contributed by atoms with Gasteiger partial charge in [-0.25, -0.2) is 0 Å². The van der Waals surface area contributed by atoms with Crippen molar-refractivity contribution in [2.75, 3.05) is 33.3 Å². The second kappa shape index (κ2) is 6.80. The third-order valence-electron chi connectivity index (χ3n) is 4.20. The highest BCUT2D eigenvalue weighted by atomic mass is 16.8. The van der Waals surface area contributed by atoms with Gasteiger partial charge in [0.05, 0.1) is 12.3 Å². The number of carbonyl (C=O) groups is 2. The Kier molecular flexibility index (Phi) is 4.55. The van der Waals surface area contributed by atoms with Gasteiger partial charge in [-0.3, -0.25) is 14.2 Å². The molecule has 0 spiro atoms. The summed E-state index contributed by atoms with van der Waals surface area (Å²) < 4.78 is 9.57. The van der Waals surface area contributed by atoms with Crippen LogP contribution in [0.5, 0.6) is 5.75 Å². The molecule has 1 aromatic heterocycles. The van der Waals surface area contributed by atoms with Crippen molar-refractivity contribution in [1.82, 2.24) is 15.0 Å². The largest absolute Gasteiger partial charge is 0.497 e. The number of rotatable bonds is 3. The topological polar surface area (TPSA) is 103 Å². The van der Waals surface area contributed by atoms with Gasteiger partial charge in [0.1, 0.15) is 5.75 Å². The zero-order chi connectivity index (χ0) is 18.0. The maximum absolute atomic E-state index is 12.6. The Labute approximate surface area is 143 Å². The molecule has 0 aliphatic carbocycles. The molecule has 0 unspecified atom stereocenters. The standard InChI is InChI=1S/C16H18N4O5/c1-11-14(17-25-20(11)23)16(22)19-8-6-18(7-9-19)15(21)12-4-3-5-13(10-12)24-2/h3-5,10H,6-9H2,1-2H3. The van der Waals surface area contributed by atoms with E-state index in [-0.39, 0.29) is 28.1 Å². The summed E-state index contributed by atoms with van der Waals surface area (Å²) in [6.07, 6.45) is 0. The van der Waals surface area contributed by atoms with E-state index in [1.807, 2.05) is 0 Å². The smallest absolute Gasteiger partial charge is 0.308 e. The van der Waals surface area contributed by atoms with Crippen molar-refractivity contribution in [2.45, 2.75) is 6.92 Å². The highest BCUT2D eigenvalue weighted by Crippen LogP contribution is 2.16. The van der Waals surface area contributed by atoms with E-state index in [1.54, 1.807) is 41.2 Å². The van der Waals surface area contributed by atoms with E-state index in [0.29, 0.717) is 37.5 Å². The molecule has 0 bridgehead atoms. The van der Waals surface area contributed by atoms with Crippen LogP contribution in [-0.2, 0) is 0 Å². The minimum absolute atomic E-state index is 0.00238. The summed E-state index contributed by atoms with van der Waals surface area (Å²) in [5.74, 6) is 0.137. The number of hydrogen-bond acceptors (Lipinski definition) is 6. The van der Waals surface area contributed by atoms with Gasteiger partial charge in [-0.2, -0.15) is 0 Å². The molecule has 1 saturated heterocycles. The zero-order valence-electron chi connectivity index (χ0n) is 14.0. The molecule has 25 heavy (non-hydrogen) atoms. The second-order valence-corrected chi connectivity index (χ2v) is 5.68. The number of carbonyl (C=O) groups excluding carboxylic acids is 2. The van der Waals surface area contributed by atoms with Crippen molar-refractivity contribution >= 4 is 11.8 Å².